The summed E-state index contributed by atoms with van der Waals surface area (Å²) in [5, 5.41) is 6.11. The van der Waals surface area contributed by atoms with Crippen LogP contribution in [-0.2, 0) is 0 Å². The molecule has 150 valence electrons. The topological polar surface area (TPSA) is 56.7 Å². The minimum absolute atomic E-state index is 0. The maximum Gasteiger partial charge on any atom is 0.254 e. The number of halogens is 2. The highest BCUT2D eigenvalue weighted by Crippen LogP contribution is 2.35. The number of aliphatic imine (C=N–C) groups is 1. The number of carbonyl (C=O) groups is 1. The van der Waals surface area contributed by atoms with Crippen LogP contribution in [0.5, 0.6) is 0 Å². The van der Waals surface area contributed by atoms with E-state index in [-0.39, 0.29) is 29.5 Å². The summed E-state index contributed by atoms with van der Waals surface area (Å²) in [5.74, 6) is 1.64. The maximum absolute atomic E-state index is 13.6. The summed E-state index contributed by atoms with van der Waals surface area (Å²) in [6.07, 6.45) is 5.37. The molecule has 0 aromatic heterocycles. The van der Waals surface area contributed by atoms with Crippen molar-refractivity contribution in [2.24, 2.45) is 16.8 Å². The zero-order valence-corrected chi connectivity index (χ0v) is 18.2. The molecular weight excluding hydrogens is 458 g/mol. The van der Waals surface area contributed by atoms with Gasteiger partial charge in [0.05, 0.1) is 12.1 Å². The van der Waals surface area contributed by atoms with Crippen molar-refractivity contribution in [1.29, 1.82) is 0 Å². The van der Waals surface area contributed by atoms with Crippen molar-refractivity contribution in [3.63, 3.8) is 0 Å². The highest BCUT2D eigenvalue weighted by atomic mass is 127. The molecule has 2 unspecified atom stereocenters. The monoisotopic (exact) mass is 488 g/mol. The fraction of sp³-hybridized carbons (Fsp3) is 0.600. The van der Waals surface area contributed by atoms with Gasteiger partial charge >= 0.3 is 0 Å². The van der Waals surface area contributed by atoms with E-state index in [1.54, 1.807) is 12.1 Å². The van der Waals surface area contributed by atoms with Crippen LogP contribution >= 0.6 is 24.0 Å². The number of amides is 1. The van der Waals surface area contributed by atoms with Crippen LogP contribution in [0.3, 0.4) is 0 Å². The lowest BCUT2D eigenvalue weighted by Gasteiger charge is -2.22. The summed E-state index contributed by atoms with van der Waals surface area (Å²) in [6, 6.07) is 6.02. The number of hydrogen-bond acceptors (Lipinski definition) is 2. The highest BCUT2D eigenvalue weighted by Gasteiger charge is 2.35. The fourth-order valence-corrected chi connectivity index (χ4v) is 4.08. The van der Waals surface area contributed by atoms with E-state index >= 15 is 0 Å². The molecule has 2 N–H and O–H groups in total. The van der Waals surface area contributed by atoms with E-state index in [2.05, 4.69) is 27.4 Å². The molecule has 0 radical (unpaired) electrons. The van der Waals surface area contributed by atoms with Crippen LogP contribution in [0.1, 0.15) is 43.0 Å². The molecular formula is C20H30FIN4O. The van der Waals surface area contributed by atoms with Crippen LogP contribution in [0.25, 0.3) is 0 Å². The molecule has 1 aromatic rings. The van der Waals surface area contributed by atoms with Crippen molar-refractivity contribution in [3.8, 4) is 0 Å². The van der Waals surface area contributed by atoms with Crippen LogP contribution < -0.4 is 10.6 Å². The molecule has 1 aromatic carbocycles. The van der Waals surface area contributed by atoms with E-state index in [9.17, 15) is 9.18 Å². The summed E-state index contributed by atoms with van der Waals surface area (Å²) in [5.41, 5.74) is 0.0759. The lowest BCUT2D eigenvalue weighted by Crippen LogP contribution is -2.41. The molecule has 27 heavy (non-hydrogen) atoms. The molecule has 7 heteroatoms. The Morgan fingerprint density at radius 2 is 1.85 bits per heavy atom. The average molecular weight is 488 g/mol. The van der Waals surface area contributed by atoms with Gasteiger partial charge in [-0.2, -0.15) is 0 Å². The van der Waals surface area contributed by atoms with E-state index < -0.39 is 11.7 Å². The van der Waals surface area contributed by atoms with Crippen molar-refractivity contribution in [1.82, 2.24) is 15.5 Å². The second-order valence-electron chi connectivity index (χ2n) is 7.18. The van der Waals surface area contributed by atoms with Gasteiger partial charge < -0.3 is 15.5 Å². The second kappa shape index (κ2) is 10.8. The van der Waals surface area contributed by atoms with Gasteiger partial charge in [0.25, 0.3) is 5.91 Å². The minimum Gasteiger partial charge on any atom is -0.357 e. The Morgan fingerprint density at radius 3 is 2.48 bits per heavy atom. The number of nitrogens with one attached hydrogen (secondary N) is 2. The van der Waals surface area contributed by atoms with E-state index in [4.69, 9.17) is 0 Å². The van der Waals surface area contributed by atoms with Crippen molar-refractivity contribution in [2.75, 3.05) is 32.7 Å². The molecule has 3 rings (SSSR count). The molecule has 1 aliphatic heterocycles. The van der Waals surface area contributed by atoms with Crippen LogP contribution in [0.15, 0.2) is 29.3 Å². The van der Waals surface area contributed by atoms with Crippen molar-refractivity contribution in [2.45, 2.75) is 32.6 Å². The second-order valence-corrected chi connectivity index (χ2v) is 7.18. The normalized spacial score (nSPS) is 22.0. The largest absolute Gasteiger partial charge is 0.357 e. The van der Waals surface area contributed by atoms with Crippen molar-refractivity contribution in [3.05, 3.63) is 35.6 Å². The fourth-order valence-electron chi connectivity index (χ4n) is 4.08. The molecule has 0 spiro atoms. The number of guanidine groups is 1. The van der Waals surface area contributed by atoms with Gasteiger partial charge in [-0.3, -0.25) is 9.79 Å². The SMILES string of the molecule is CCNC(=NCCNC(=O)c1ccccc1F)N1CC2CCCCC2C1.I. The predicted molar refractivity (Wildman–Crippen MR) is 117 cm³/mol. The summed E-state index contributed by atoms with van der Waals surface area (Å²) in [7, 11) is 0. The van der Waals surface area contributed by atoms with E-state index in [1.807, 2.05) is 0 Å². The minimum atomic E-state index is -0.499. The average Bonchev–Trinajstić information content (AvgIpc) is 3.08. The molecule has 2 aliphatic rings. The zero-order valence-electron chi connectivity index (χ0n) is 15.9. The standard InChI is InChI=1S/C20H29FN4O.HI/c1-2-22-20(25-13-15-7-3-4-8-16(15)14-25)24-12-11-23-19(26)17-9-5-6-10-18(17)21;/h5-6,9-10,15-16H,2-4,7-8,11-14H2,1H3,(H,22,24)(H,23,26);1H. The van der Waals surface area contributed by atoms with Gasteiger partial charge in [0.2, 0.25) is 0 Å². The molecule has 1 saturated carbocycles. The Kier molecular flexibility index (Phi) is 8.79. The third-order valence-corrected chi connectivity index (χ3v) is 5.39. The first kappa shape index (κ1) is 21.9. The smallest absolute Gasteiger partial charge is 0.254 e. The van der Waals surface area contributed by atoms with Gasteiger partial charge in [0.15, 0.2) is 5.96 Å². The van der Waals surface area contributed by atoms with Crippen LogP contribution in [0, 0.1) is 17.7 Å². The molecule has 2 fully saturated rings. The molecule has 1 amide bonds. The van der Waals surface area contributed by atoms with Gasteiger partial charge in [0, 0.05) is 26.2 Å². The molecule has 1 heterocycles. The quantitative estimate of drug-likeness (QED) is 0.290. The molecule has 1 aliphatic carbocycles. The van der Waals surface area contributed by atoms with Gasteiger partial charge in [-0.05, 0) is 43.7 Å². The van der Waals surface area contributed by atoms with Gasteiger partial charge in [-0.25, -0.2) is 4.39 Å². The summed E-state index contributed by atoms with van der Waals surface area (Å²) in [6.45, 7) is 5.93. The summed E-state index contributed by atoms with van der Waals surface area (Å²) in [4.78, 5) is 19.1. The predicted octanol–water partition coefficient (Wildman–Crippen LogP) is 3.26. The Morgan fingerprint density at radius 1 is 1.19 bits per heavy atom. The first-order valence-corrected chi connectivity index (χ1v) is 9.75. The Balaban J connectivity index is 0.00000261. The first-order chi connectivity index (χ1) is 12.7. The number of rotatable bonds is 5. The Labute approximate surface area is 178 Å². The van der Waals surface area contributed by atoms with E-state index in [0.717, 1.165) is 37.4 Å². The molecule has 0 bridgehead atoms. The molecule has 5 nitrogen and oxygen atoms in total. The number of fused-ring (bicyclic) bond motifs is 1. The van der Waals surface area contributed by atoms with E-state index in [1.165, 1.54) is 37.8 Å². The van der Waals surface area contributed by atoms with Crippen LogP contribution in [0.2, 0.25) is 0 Å². The summed E-state index contributed by atoms with van der Waals surface area (Å²) < 4.78 is 13.6. The lowest BCUT2D eigenvalue weighted by molar-refractivity contribution is 0.0951. The van der Waals surface area contributed by atoms with Gasteiger partial charge in [-0.15, -0.1) is 24.0 Å². The maximum atomic E-state index is 13.6. The molecule has 1 saturated heterocycles. The van der Waals surface area contributed by atoms with Gasteiger partial charge in [-0.1, -0.05) is 25.0 Å². The Hall–Kier alpha value is -1.38. The Bertz CT molecular complexity index is 641. The number of benzene rings is 1. The number of nitrogens with zero attached hydrogens (tertiary/aromatic N) is 2. The first-order valence-electron chi connectivity index (χ1n) is 9.75. The number of carbonyl (C=O) groups excluding carboxylic acids is 1. The van der Waals surface area contributed by atoms with Gasteiger partial charge in [0.1, 0.15) is 5.82 Å². The lowest BCUT2D eigenvalue weighted by atomic mass is 9.82. The van der Waals surface area contributed by atoms with Crippen molar-refractivity contribution >= 4 is 35.8 Å². The number of hydrogen-bond donors (Lipinski definition) is 2. The van der Waals surface area contributed by atoms with E-state index in [0.29, 0.717) is 13.1 Å². The van der Waals surface area contributed by atoms with Crippen molar-refractivity contribution < 1.29 is 9.18 Å². The molecule has 2 atom stereocenters. The highest BCUT2D eigenvalue weighted by molar-refractivity contribution is 14.0. The third kappa shape index (κ3) is 5.80. The number of likely N-dealkylation sites (tertiary alicyclic amines) is 1. The van der Waals surface area contributed by atoms with Crippen LogP contribution in [0.4, 0.5) is 4.39 Å². The third-order valence-electron chi connectivity index (χ3n) is 5.39. The zero-order chi connectivity index (χ0) is 18.4. The van der Waals surface area contributed by atoms with Crippen LogP contribution in [-0.4, -0.2) is 49.5 Å². The summed E-state index contributed by atoms with van der Waals surface area (Å²) >= 11 is 0.